The van der Waals surface area contributed by atoms with Crippen molar-refractivity contribution in [1.82, 2.24) is 0 Å². The van der Waals surface area contributed by atoms with Gasteiger partial charge in [-0.05, 0) is 28.8 Å². The number of rotatable bonds is 2. The number of halogens is 1. The van der Waals surface area contributed by atoms with Crippen LogP contribution in [-0.4, -0.2) is 0 Å². The van der Waals surface area contributed by atoms with Gasteiger partial charge in [0, 0.05) is 10.7 Å². The summed E-state index contributed by atoms with van der Waals surface area (Å²) >= 11 is 1.78. The molecule has 0 unspecified atom stereocenters. The van der Waals surface area contributed by atoms with E-state index >= 15 is 0 Å². The molecule has 76 valence electrons. The summed E-state index contributed by atoms with van der Waals surface area (Å²) in [6.45, 7) is 2.12. The van der Waals surface area contributed by atoms with Crippen LogP contribution in [0.25, 0.3) is 10.1 Å². The molecule has 0 spiro atoms. The van der Waals surface area contributed by atoms with E-state index in [4.69, 9.17) is 5.73 Å². The van der Waals surface area contributed by atoms with Crippen LogP contribution in [0, 0.1) is 0 Å². The zero-order valence-electron chi connectivity index (χ0n) is 8.07. The standard InChI is InChI=1S/C11H13NS.ClH/c1-2-10(12)9-7-13-11-6-4-3-5-8(9)11;/h3-7,10H,2,12H2,1H3;1H/t10-;/m0./s1. The van der Waals surface area contributed by atoms with Gasteiger partial charge in [0.1, 0.15) is 0 Å². The van der Waals surface area contributed by atoms with Gasteiger partial charge < -0.3 is 5.73 Å². The first-order valence-corrected chi connectivity index (χ1v) is 5.42. The highest BCUT2D eigenvalue weighted by atomic mass is 35.5. The van der Waals surface area contributed by atoms with Gasteiger partial charge in [-0.1, -0.05) is 25.1 Å². The molecule has 0 radical (unpaired) electrons. The highest BCUT2D eigenvalue weighted by Gasteiger charge is 2.08. The largest absolute Gasteiger partial charge is 0.324 e. The Balaban J connectivity index is 0.000000980. The van der Waals surface area contributed by atoms with Crippen molar-refractivity contribution in [1.29, 1.82) is 0 Å². The van der Waals surface area contributed by atoms with Crippen LogP contribution >= 0.6 is 23.7 Å². The quantitative estimate of drug-likeness (QED) is 0.831. The minimum Gasteiger partial charge on any atom is -0.324 e. The number of benzene rings is 1. The molecule has 1 atom stereocenters. The fourth-order valence-corrected chi connectivity index (χ4v) is 2.53. The molecule has 2 rings (SSSR count). The SMILES string of the molecule is CC[C@H](N)c1csc2ccccc12.Cl. The molecule has 2 aromatic rings. The third-order valence-electron chi connectivity index (χ3n) is 2.35. The molecule has 0 aliphatic rings. The normalized spacial score (nSPS) is 12.4. The zero-order chi connectivity index (χ0) is 9.26. The van der Waals surface area contributed by atoms with Gasteiger partial charge in [0.15, 0.2) is 0 Å². The number of fused-ring (bicyclic) bond motifs is 1. The van der Waals surface area contributed by atoms with Gasteiger partial charge in [0.25, 0.3) is 0 Å². The molecule has 1 aromatic heterocycles. The van der Waals surface area contributed by atoms with E-state index in [9.17, 15) is 0 Å². The number of hydrogen-bond acceptors (Lipinski definition) is 2. The maximum atomic E-state index is 6.01. The van der Waals surface area contributed by atoms with E-state index in [1.807, 2.05) is 0 Å². The lowest BCUT2D eigenvalue weighted by Crippen LogP contribution is -2.07. The Morgan fingerprint density at radius 3 is 2.79 bits per heavy atom. The van der Waals surface area contributed by atoms with Crippen LogP contribution in [-0.2, 0) is 0 Å². The molecule has 0 amide bonds. The van der Waals surface area contributed by atoms with Crippen LogP contribution in [0.4, 0.5) is 0 Å². The van der Waals surface area contributed by atoms with Gasteiger partial charge in [-0.25, -0.2) is 0 Å². The van der Waals surface area contributed by atoms with Crippen LogP contribution in [0.2, 0.25) is 0 Å². The van der Waals surface area contributed by atoms with Crippen molar-refractivity contribution < 1.29 is 0 Å². The van der Waals surface area contributed by atoms with Crippen molar-refractivity contribution in [2.75, 3.05) is 0 Å². The zero-order valence-corrected chi connectivity index (χ0v) is 9.70. The topological polar surface area (TPSA) is 26.0 Å². The lowest BCUT2D eigenvalue weighted by molar-refractivity contribution is 0.706. The molecule has 3 heteroatoms. The monoisotopic (exact) mass is 227 g/mol. The molecule has 1 heterocycles. The second kappa shape index (κ2) is 4.78. The molecular weight excluding hydrogens is 214 g/mol. The van der Waals surface area contributed by atoms with Gasteiger partial charge in [0.05, 0.1) is 0 Å². The van der Waals surface area contributed by atoms with Gasteiger partial charge in [0.2, 0.25) is 0 Å². The van der Waals surface area contributed by atoms with E-state index in [2.05, 4.69) is 36.6 Å². The van der Waals surface area contributed by atoms with Crippen molar-refractivity contribution in [3.8, 4) is 0 Å². The Bertz CT molecular complexity index is 410. The van der Waals surface area contributed by atoms with Crippen LogP contribution in [0.1, 0.15) is 24.9 Å². The Morgan fingerprint density at radius 2 is 2.07 bits per heavy atom. The van der Waals surface area contributed by atoms with E-state index in [0.29, 0.717) is 0 Å². The summed E-state index contributed by atoms with van der Waals surface area (Å²) in [7, 11) is 0. The fourth-order valence-electron chi connectivity index (χ4n) is 1.51. The molecule has 14 heavy (non-hydrogen) atoms. The summed E-state index contributed by atoms with van der Waals surface area (Å²) in [6.07, 6.45) is 1.00. The van der Waals surface area contributed by atoms with E-state index in [1.165, 1.54) is 15.6 Å². The first-order chi connectivity index (χ1) is 6.33. The first-order valence-electron chi connectivity index (χ1n) is 4.54. The predicted molar refractivity (Wildman–Crippen MR) is 66.3 cm³/mol. The molecule has 0 aliphatic heterocycles. The molecule has 2 N–H and O–H groups in total. The number of thiophene rings is 1. The smallest absolute Gasteiger partial charge is 0.0346 e. The average molecular weight is 228 g/mol. The number of hydrogen-bond donors (Lipinski definition) is 1. The van der Waals surface area contributed by atoms with E-state index in [1.54, 1.807) is 11.3 Å². The summed E-state index contributed by atoms with van der Waals surface area (Å²) < 4.78 is 1.33. The molecule has 0 fully saturated rings. The van der Waals surface area contributed by atoms with Crippen LogP contribution in [0.5, 0.6) is 0 Å². The van der Waals surface area contributed by atoms with Crippen LogP contribution in [0.3, 0.4) is 0 Å². The highest BCUT2D eigenvalue weighted by molar-refractivity contribution is 7.17. The third-order valence-corrected chi connectivity index (χ3v) is 3.33. The highest BCUT2D eigenvalue weighted by Crippen LogP contribution is 2.30. The maximum absolute atomic E-state index is 6.01. The summed E-state index contributed by atoms with van der Waals surface area (Å²) in [5.41, 5.74) is 7.31. The van der Waals surface area contributed by atoms with Crippen molar-refractivity contribution >= 4 is 33.8 Å². The van der Waals surface area contributed by atoms with Gasteiger partial charge in [-0.3, -0.25) is 0 Å². The van der Waals surface area contributed by atoms with E-state index in [0.717, 1.165) is 6.42 Å². The Labute approximate surface area is 94.3 Å². The van der Waals surface area contributed by atoms with Crippen molar-refractivity contribution in [3.05, 3.63) is 35.2 Å². The number of nitrogens with two attached hydrogens (primary N) is 1. The van der Waals surface area contributed by atoms with Gasteiger partial charge >= 0.3 is 0 Å². The molecule has 0 saturated carbocycles. The fraction of sp³-hybridized carbons (Fsp3) is 0.273. The molecule has 0 aliphatic carbocycles. The summed E-state index contributed by atoms with van der Waals surface area (Å²) in [5, 5.41) is 3.50. The molecule has 1 nitrogen and oxygen atoms in total. The van der Waals surface area contributed by atoms with Gasteiger partial charge in [-0.15, -0.1) is 23.7 Å². The minimum absolute atomic E-state index is 0. The molecule has 0 saturated heterocycles. The average Bonchev–Trinajstić information content (AvgIpc) is 2.60. The second-order valence-corrected chi connectivity index (χ2v) is 4.11. The van der Waals surface area contributed by atoms with Crippen molar-refractivity contribution in [3.63, 3.8) is 0 Å². The summed E-state index contributed by atoms with van der Waals surface area (Å²) in [4.78, 5) is 0. The predicted octanol–water partition coefficient (Wildman–Crippen LogP) is 3.73. The Kier molecular flexibility index (Phi) is 3.93. The van der Waals surface area contributed by atoms with Crippen molar-refractivity contribution in [2.45, 2.75) is 19.4 Å². The summed E-state index contributed by atoms with van der Waals surface area (Å²) in [6, 6.07) is 8.62. The molecule has 1 aromatic carbocycles. The second-order valence-electron chi connectivity index (χ2n) is 3.20. The first kappa shape index (κ1) is 11.5. The lowest BCUT2D eigenvalue weighted by Gasteiger charge is -2.06. The van der Waals surface area contributed by atoms with E-state index in [-0.39, 0.29) is 18.4 Å². The molecular formula is C11H14ClNS. The maximum Gasteiger partial charge on any atom is 0.0346 e. The Morgan fingerprint density at radius 1 is 1.36 bits per heavy atom. The van der Waals surface area contributed by atoms with Crippen molar-refractivity contribution in [2.24, 2.45) is 5.73 Å². The van der Waals surface area contributed by atoms with Gasteiger partial charge in [-0.2, -0.15) is 0 Å². The molecule has 0 bridgehead atoms. The summed E-state index contributed by atoms with van der Waals surface area (Å²) in [5.74, 6) is 0. The van der Waals surface area contributed by atoms with Crippen LogP contribution < -0.4 is 5.73 Å². The van der Waals surface area contributed by atoms with Crippen LogP contribution in [0.15, 0.2) is 29.6 Å². The minimum atomic E-state index is 0. The Hall–Kier alpha value is -0.570. The lowest BCUT2D eigenvalue weighted by atomic mass is 10.1. The van der Waals surface area contributed by atoms with E-state index < -0.39 is 0 Å². The third kappa shape index (κ3) is 1.92.